The molecule has 5 rings (SSSR count). The Morgan fingerprint density at radius 1 is 1.00 bits per heavy atom. The molecular weight excluding hydrogens is 436 g/mol. The molecule has 0 aliphatic carbocycles. The van der Waals surface area contributed by atoms with Gasteiger partial charge in [0.2, 0.25) is 5.28 Å². The van der Waals surface area contributed by atoms with Crippen molar-refractivity contribution in [1.29, 1.82) is 0 Å². The fourth-order valence-corrected chi connectivity index (χ4v) is 3.83. The van der Waals surface area contributed by atoms with Crippen molar-refractivity contribution < 1.29 is 0 Å². The quantitative estimate of drug-likeness (QED) is 0.364. The minimum absolute atomic E-state index is 0.122. The summed E-state index contributed by atoms with van der Waals surface area (Å²) < 4.78 is 5.79. The van der Waals surface area contributed by atoms with Crippen LogP contribution in [-0.4, -0.2) is 49.1 Å². The number of nitrogens with zero attached hydrogens (tertiary/aromatic N) is 10. The van der Waals surface area contributed by atoms with Crippen LogP contribution in [0.4, 0.5) is 0 Å². The van der Waals surface area contributed by atoms with Crippen LogP contribution in [-0.2, 0) is 6.54 Å². The Morgan fingerprint density at radius 3 is 2.50 bits per heavy atom. The number of halogens is 1. The average Bonchev–Trinajstić information content (AvgIpc) is 3.45. The number of benzene rings is 1. The highest BCUT2D eigenvalue weighted by Gasteiger charge is 2.18. The predicted octanol–water partition coefficient (Wildman–Crippen LogP) is 1.27. The molecule has 0 amide bonds. The van der Waals surface area contributed by atoms with Gasteiger partial charge in [-0.3, -0.25) is 18.8 Å². The normalized spacial score (nSPS) is 13.6. The van der Waals surface area contributed by atoms with Gasteiger partial charge in [0.15, 0.2) is 0 Å². The second-order valence-corrected chi connectivity index (χ2v) is 7.70. The van der Waals surface area contributed by atoms with E-state index in [1.54, 1.807) is 34.5 Å². The molecule has 0 unspecified atom stereocenters. The van der Waals surface area contributed by atoms with E-state index in [0.717, 1.165) is 4.68 Å². The molecule has 162 valence electrons. The van der Waals surface area contributed by atoms with Crippen molar-refractivity contribution in [1.82, 2.24) is 49.1 Å². The molecule has 0 N–H and O–H groups in total. The fourth-order valence-electron chi connectivity index (χ4n) is 3.60. The third kappa shape index (κ3) is 3.24. The van der Waals surface area contributed by atoms with E-state index >= 15 is 0 Å². The van der Waals surface area contributed by atoms with Crippen LogP contribution >= 0.6 is 11.6 Å². The van der Waals surface area contributed by atoms with Crippen LogP contribution in [0, 0.1) is 0 Å². The van der Waals surface area contributed by atoms with Crippen LogP contribution in [0.5, 0.6) is 0 Å². The molecule has 12 nitrogen and oxygen atoms in total. The lowest BCUT2D eigenvalue weighted by Gasteiger charge is -2.16. The van der Waals surface area contributed by atoms with E-state index in [2.05, 4.69) is 30.5 Å². The van der Waals surface area contributed by atoms with Crippen LogP contribution in [0.3, 0.4) is 0 Å². The Kier molecular flexibility index (Phi) is 4.78. The molecule has 0 saturated carbocycles. The van der Waals surface area contributed by atoms with Gasteiger partial charge >= 0.3 is 0 Å². The van der Waals surface area contributed by atoms with Crippen LogP contribution in [0.15, 0.2) is 52.8 Å². The van der Waals surface area contributed by atoms with Crippen LogP contribution in [0.25, 0.3) is 21.8 Å². The molecule has 1 aromatic carbocycles. The Bertz CT molecular complexity index is 1550. The maximum atomic E-state index is 13.1. The highest BCUT2D eigenvalue weighted by molar-refractivity contribution is 6.28. The Labute approximate surface area is 184 Å². The molecule has 2 atom stereocenters. The van der Waals surface area contributed by atoms with E-state index in [1.165, 1.54) is 17.3 Å². The van der Waals surface area contributed by atoms with Crippen molar-refractivity contribution in [3.63, 3.8) is 0 Å². The van der Waals surface area contributed by atoms with Gasteiger partial charge < -0.3 is 0 Å². The second-order valence-electron chi connectivity index (χ2n) is 7.37. The zero-order chi connectivity index (χ0) is 22.4. The maximum Gasteiger partial charge on any atom is 0.279 e. The highest BCUT2D eigenvalue weighted by atomic mass is 35.5. The highest BCUT2D eigenvalue weighted by Crippen LogP contribution is 2.17. The summed E-state index contributed by atoms with van der Waals surface area (Å²) in [7, 11) is 0. The van der Waals surface area contributed by atoms with E-state index in [0.29, 0.717) is 23.0 Å². The third-order valence-electron chi connectivity index (χ3n) is 5.31. The predicted molar refractivity (Wildman–Crippen MR) is 115 cm³/mol. The summed E-state index contributed by atoms with van der Waals surface area (Å²) in [5, 5.41) is 17.1. The van der Waals surface area contributed by atoms with Crippen molar-refractivity contribution in [3.05, 3.63) is 69.2 Å². The van der Waals surface area contributed by atoms with Gasteiger partial charge in [0.1, 0.15) is 18.0 Å². The molecule has 13 heteroatoms. The molecule has 4 heterocycles. The first-order valence-electron chi connectivity index (χ1n) is 9.76. The lowest BCUT2D eigenvalue weighted by molar-refractivity contribution is 0.364. The molecule has 4 aromatic heterocycles. The van der Waals surface area contributed by atoms with Gasteiger partial charge in [-0.2, -0.15) is 14.9 Å². The zero-order valence-corrected chi connectivity index (χ0v) is 17.8. The van der Waals surface area contributed by atoms with Gasteiger partial charge in [-0.25, -0.2) is 14.6 Å². The number of fused-ring (bicyclic) bond motifs is 2. The van der Waals surface area contributed by atoms with Crippen LogP contribution in [0.1, 0.15) is 26.1 Å². The third-order valence-corrected chi connectivity index (χ3v) is 5.58. The van der Waals surface area contributed by atoms with Gasteiger partial charge in [-0.1, -0.05) is 5.21 Å². The molecule has 0 aliphatic heterocycles. The number of hydrogen-bond donors (Lipinski definition) is 0. The molecule has 0 spiro atoms. The minimum Gasteiger partial charge on any atom is -0.294 e. The SMILES string of the molecule is C[C@H](Cn1cccn1)n1cnc2cc3c(=O)n([C@H](C)n4ncnc4Cl)nnc3cc2c1=O. The monoisotopic (exact) mass is 452 g/mol. The van der Waals surface area contributed by atoms with Crippen molar-refractivity contribution in [2.45, 2.75) is 32.6 Å². The summed E-state index contributed by atoms with van der Waals surface area (Å²) in [6, 6.07) is 4.74. The molecule has 0 aliphatic rings. The van der Waals surface area contributed by atoms with Gasteiger partial charge in [-0.05, 0) is 43.6 Å². The summed E-state index contributed by atoms with van der Waals surface area (Å²) in [6.45, 7) is 4.12. The Hall–Kier alpha value is -3.93. The Morgan fingerprint density at radius 2 is 1.78 bits per heavy atom. The first-order chi connectivity index (χ1) is 15.4. The fraction of sp³-hybridized carbons (Fsp3) is 0.263. The van der Waals surface area contributed by atoms with E-state index in [9.17, 15) is 9.59 Å². The molecule has 5 aromatic rings. The minimum atomic E-state index is -0.644. The molecule has 0 saturated heterocycles. The topological polar surface area (TPSA) is 131 Å². The largest absolute Gasteiger partial charge is 0.294 e. The summed E-state index contributed by atoms with van der Waals surface area (Å²) in [5.41, 5.74) is 0.0550. The van der Waals surface area contributed by atoms with Gasteiger partial charge in [-0.15, -0.1) is 5.10 Å². The molecule has 32 heavy (non-hydrogen) atoms. The zero-order valence-electron chi connectivity index (χ0n) is 17.1. The smallest absolute Gasteiger partial charge is 0.279 e. The summed E-state index contributed by atoms with van der Waals surface area (Å²) in [6.07, 6.45) is 5.64. The first-order valence-corrected chi connectivity index (χ1v) is 10.1. The molecular formula is C19H17ClN10O2. The van der Waals surface area contributed by atoms with Gasteiger partial charge in [0.05, 0.1) is 35.2 Å². The summed E-state index contributed by atoms with van der Waals surface area (Å²) in [5.74, 6) is 0. The van der Waals surface area contributed by atoms with Crippen LogP contribution < -0.4 is 11.1 Å². The Balaban J connectivity index is 1.60. The number of aromatic nitrogens is 10. The van der Waals surface area contributed by atoms with Gasteiger partial charge in [0, 0.05) is 12.4 Å². The lowest BCUT2D eigenvalue weighted by Crippen LogP contribution is -2.31. The molecule has 0 radical (unpaired) electrons. The van der Waals surface area contributed by atoms with E-state index in [4.69, 9.17) is 11.6 Å². The standard InChI is InChI=1S/C19H17ClN10O2/c1-11(8-27-5-3-4-23-27)28-10-22-15-6-14-16(7-13(15)17(28)31)25-26-29(18(14)32)12(2)30-19(20)21-9-24-30/h3-7,9-12H,8H2,1-2H3/t11-,12+/m1/s1. The number of rotatable bonds is 5. The lowest BCUT2D eigenvalue weighted by atomic mass is 10.1. The second kappa shape index (κ2) is 7.64. The van der Waals surface area contributed by atoms with E-state index in [1.807, 2.05) is 19.2 Å². The van der Waals surface area contributed by atoms with Crippen LogP contribution in [0.2, 0.25) is 5.28 Å². The van der Waals surface area contributed by atoms with E-state index < -0.39 is 11.7 Å². The molecule has 0 bridgehead atoms. The summed E-state index contributed by atoms with van der Waals surface area (Å²) in [4.78, 5) is 34.5. The maximum absolute atomic E-state index is 13.1. The van der Waals surface area contributed by atoms with Crippen molar-refractivity contribution in [2.75, 3.05) is 0 Å². The van der Waals surface area contributed by atoms with Crippen molar-refractivity contribution in [3.8, 4) is 0 Å². The van der Waals surface area contributed by atoms with Gasteiger partial charge in [0.25, 0.3) is 11.1 Å². The van der Waals surface area contributed by atoms with Crippen molar-refractivity contribution >= 4 is 33.4 Å². The molecule has 0 fully saturated rings. The van der Waals surface area contributed by atoms with E-state index in [-0.39, 0.29) is 22.3 Å². The average molecular weight is 453 g/mol. The summed E-state index contributed by atoms with van der Waals surface area (Å²) >= 11 is 6.01. The first kappa shape index (κ1) is 20.0. The number of hydrogen-bond acceptors (Lipinski definition) is 8. The van der Waals surface area contributed by atoms with Crippen molar-refractivity contribution in [2.24, 2.45) is 0 Å².